The van der Waals surface area contributed by atoms with E-state index in [0.29, 0.717) is 17.1 Å². The van der Waals surface area contributed by atoms with Crippen molar-refractivity contribution in [3.05, 3.63) is 48.8 Å². The minimum atomic E-state index is -3.86. The summed E-state index contributed by atoms with van der Waals surface area (Å²) in [6.45, 7) is 0. The van der Waals surface area contributed by atoms with Crippen molar-refractivity contribution in [2.75, 3.05) is 18.9 Å². The summed E-state index contributed by atoms with van der Waals surface area (Å²) in [5.41, 5.74) is 1.09. The van der Waals surface area contributed by atoms with Gasteiger partial charge in [-0.25, -0.2) is 13.1 Å². The van der Waals surface area contributed by atoms with Crippen LogP contribution in [0, 0.1) is 0 Å². The number of hydrogen-bond donors (Lipinski definition) is 1. The molecule has 10 heteroatoms. The van der Waals surface area contributed by atoms with Crippen LogP contribution in [0.15, 0.2) is 53.7 Å². The predicted molar refractivity (Wildman–Crippen MR) is 89.5 cm³/mol. The van der Waals surface area contributed by atoms with Crippen LogP contribution in [-0.4, -0.2) is 42.8 Å². The van der Waals surface area contributed by atoms with Gasteiger partial charge in [-0.3, -0.25) is 4.72 Å². The zero-order valence-electron chi connectivity index (χ0n) is 13.4. The molecule has 0 aliphatic heterocycles. The fourth-order valence-corrected chi connectivity index (χ4v) is 3.41. The Morgan fingerprint density at radius 3 is 2.40 bits per heavy atom. The van der Waals surface area contributed by atoms with Crippen molar-refractivity contribution < 1.29 is 17.9 Å². The second kappa shape index (κ2) is 6.77. The Labute approximate surface area is 144 Å². The maximum absolute atomic E-state index is 12.7. The highest BCUT2D eigenvalue weighted by molar-refractivity contribution is 7.92. The van der Waals surface area contributed by atoms with Crippen LogP contribution >= 0.6 is 0 Å². The Morgan fingerprint density at radius 2 is 1.80 bits per heavy atom. The van der Waals surface area contributed by atoms with Crippen LogP contribution in [0.2, 0.25) is 0 Å². The lowest BCUT2D eigenvalue weighted by Gasteiger charge is -2.13. The smallest absolute Gasteiger partial charge is 0.265 e. The Morgan fingerprint density at radius 1 is 1.04 bits per heavy atom. The first-order chi connectivity index (χ1) is 12.0. The molecule has 0 saturated carbocycles. The van der Waals surface area contributed by atoms with Gasteiger partial charge in [-0.1, -0.05) is 0 Å². The monoisotopic (exact) mass is 361 g/mol. The standard InChI is InChI=1S/C15H15N5O4S/c1-23-13-7-8-14(24-2)15(9-13)25(21,22)17-11-3-5-12(6-4-11)20-10-16-18-19-20/h3-10,17H,1-2H3. The van der Waals surface area contributed by atoms with Crippen molar-refractivity contribution in [3.8, 4) is 17.2 Å². The molecule has 0 radical (unpaired) electrons. The van der Waals surface area contributed by atoms with Crippen molar-refractivity contribution >= 4 is 15.7 Å². The number of benzene rings is 2. The molecule has 0 fully saturated rings. The Kier molecular flexibility index (Phi) is 4.52. The van der Waals surface area contributed by atoms with E-state index in [4.69, 9.17) is 9.47 Å². The molecule has 2 aromatic carbocycles. The van der Waals surface area contributed by atoms with Crippen LogP contribution in [-0.2, 0) is 10.0 Å². The average Bonchev–Trinajstić information content (AvgIpc) is 3.16. The number of nitrogens with zero attached hydrogens (tertiary/aromatic N) is 4. The van der Waals surface area contributed by atoms with Crippen molar-refractivity contribution in [1.29, 1.82) is 0 Å². The molecule has 1 N–H and O–H groups in total. The molecule has 0 aliphatic carbocycles. The second-order valence-corrected chi connectivity index (χ2v) is 6.57. The fraction of sp³-hybridized carbons (Fsp3) is 0.133. The van der Waals surface area contributed by atoms with Gasteiger partial charge in [-0.05, 0) is 46.8 Å². The number of methoxy groups -OCH3 is 2. The summed E-state index contributed by atoms with van der Waals surface area (Å²) in [6, 6.07) is 11.2. The number of ether oxygens (including phenoxy) is 2. The highest BCUT2D eigenvalue weighted by atomic mass is 32.2. The van der Waals surface area contributed by atoms with Crippen molar-refractivity contribution in [3.63, 3.8) is 0 Å². The maximum atomic E-state index is 12.7. The fourth-order valence-electron chi connectivity index (χ4n) is 2.17. The molecule has 0 bridgehead atoms. The van der Waals surface area contributed by atoms with Gasteiger partial charge in [0, 0.05) is 11.8 Å². The average molecular weight is 361 g/mol. The highest BCUT2D eigenvalue weighted by Gasteiger charge is 2.20. The highest BCUT2D eigenvalue weighted by Crippen LogP contribution is 2.29. The molecule has 9 nitrogen and oxygen atoms in total. The molecule has 3 rings (SSSR count). The van der Waals surface area contributed by atoms with Crippen LogP contribution in [0.25, 0.3) is 5.69 Å². The van der Waals surface area contributed by atoms with Gasteiger partial charge in [0.05, 0.1) is 19.9 Å². The first-order valence-electron chi connectivity index (χ1n) is 7.12. The van der Waals surface area contributed by atoms with Gasteiger partial charge in [0.25, 0.3) is 10.0 Å². The quantitative estimate of drug-likeness (QED) is 0.708. The molecule has 0 unspecified atom stereocenters. The van der Waals surface area contributed by atoms with Gasteiger partial charge < -0.3 is 9.47 Å². The predicted octanol–water partition coefficient (Wildman–Crippen LogP) is 1.48. The molecule has 1 heterocycles. The van der Waals surface area contributed by atoms with Gasteiger partial charge in [0.15, 0.2) is 0 Å². The molecule has 25 heavy (non-hydrogen) atoms. The summed E-state index contributed by atoms with van der Waals surface area (Å²) >= 11 is 0. The normalized spacial score (nSPS) is 11.1. The van der Waals surface area contributed by atoms with E-state index in [-0.39, 0.29) is 10.6 Å². The number of rotatable bonds is 6. The number of nitrogens with one attached hydrogen (secondary N) is 1. The van der Waals surface area contributed by atoms with E-state index in [9.17, 15) is 8.42 Å². The summed E-state index contributed by atoms with van der Waals surface area (Å²) in [5.74, 6) is 0.633. The molecule has 0 atom stereocenters. The number of aromatic nitrogens is 4. The molecular weight excluding hydrogens is 346 g/mol. The molecule has 0 spiro atoms. The van der Waals surface area contributed by atoms with E-state index >= 15 is 0 Å². The minimum Gasteiger partial charge on any atom is -0.497 e. The van der Waals surface area contributed by atoms with Gasteiger partial charge in [0.2, 0.25) is 0 Å². The van der Waals surface area contributed by atoms with Gasteiger partial charge >= 0.3 is 0 Å². The van der Waals surface area contributed by atoms with Gasteiger partial charge in [-0.15, -0.1) is 5.10 Å². The zero-order valence-corrected chi connectivity index (χ0v) is 14.3. The van der Waals surface area contributed by atoms with Crippen LogP contribution in [0.5, 0.6) is 11.5 Å². The largest absolute Gasteiger partial charge is 0.497 e. The maximum Gasteiger partial charge on any atom is 0.265 e. The molecule has 1 aromatic heterocycles. The van der Waals surface area contributed by atoms with Crippen LogP contribution in [0.4, 0.5) is 5.69 Å². The number of sulfonamides is 1. The lowest BCUT2D eigenvalue weighted by atomic mass is 10.3. The third kappa shape index (κ3) is 3.53. The molecule has 0 aliphatic rings. The van der Waals surface area contributed by atoms with E-state index in [0.717, 1.165) is 0 Å². The lowest BCUT2D eigenvalue weighted by molar-refractivity contribution is 0.392. The van der Waals surface area contributed by atoms with E-state index in [1.165, 1.54) is 37.4 Å². The van der Waals surface area contributed by atoms with E-state index in [1.807, 2.05) is 0 Å². The number of anilines is 1. The summed E-state index contributed by atoms with van der Waals surface area (Å²) in [7, 11) is -0.991. The molecule has 0 saturated heterocycles. The summed E-state index contributed by atoms with van der Waals surface area (Å²) in [4.78, 5) is -0.0149. The molecular formula is C15H15N5O4S. The van der Waals surface area contributed by atoms with E-state index in [1.54, 1.807) is 30.3 Å². The first kappa shape index (κ1) is 16.7. The van der Waals surface area contributed by atoms with E-state index < -0.39 is 10.0 Å². The number of tetrazole rings is 1. The molecule has 3 aromatic rings. The van der Waals surface area contributed by atoms with Crippen molar-refractivity contribution in [2.24, 2.45) is 0 Å². The van der Waals surface area contributed by atoms with Gasteiger partial charge in [-0.2, -0.15) is 0 Å². The van der Waals surface area contributed by atoms with Gasteiger partial charge in [0.1, 0.15) is 22.7 Å². The second-order valence-electron chi connectivity index (χ2n) is 4.92. The topological polar surface area (TPSA) is 108 Å². The Bertz CT molecular complexity index is 956. The molecule has 130 valence electrons. The van der Waals surface area contributed by atoms with E-state index in [2.05, 4.69) is 20.2 Å². The van der Waals surface area contributed by atoms with Crippen LogP contribution < -0.4 is 14.2 Å². The Hall–Kier alpha value is -3.14. The summed E-state index contributed by atoms with van der Waals surface area (Å²) < 4.78 is 39.6. The third-order valence-corrected chi connectivity index (χ3v) is 4.80. The lowest BCUT2D eigenvalue weighted by Crippen LogP contribution is -2.14. The van der Waals surface area contributed by atoms with Crippen LogP contribution in [0.1, 0.15) is 0 Å². The van der Waals surface area contributed by atoms with Crippen molar-refractivity contribution in [1.82, 2.24) is 20.2 Å². The summed E-state index contributed by atoms with van der Waals surface area (Å²) in [6.07, 6.45) is 1.44. The molecule has 0 amide bonds. The van der Waals surface area contributed by atoms with Crippen LogP contribution in [0.3, 0.4) is 0 Å². The SMILES string of the molecule is COc1ccc(OC)c(S(=O)(=O)Nc2ccc(-n3cnnn3)cc2)c1. The first-order valence-corrected chi connectivity index (χ1v) is 8.60. The summed E-state index contributed by atoms with van der Waals surface area (Å²) in [5, 5.41) is 10.9. The van der Waals surface area contributed by atoms with Crippen molar-refractivity contribution in [2.45, 2.75) is 4.90 Å². The Balaban J connectivity index is 1.89. The number of hydrogen-bond acceptors (Lipinski definition) is 7. The minimum absolute atomic E-state index is 0.0149. The zero-order chi connectivity index (χ0) is 17.9. The third-order valence-electron chi connectivity index (χ3n) is 3.39.